The molecule has 0 amide bonds. The molecule has 2 unspecified atom stereocenters. The predicted molar refractivity (Wildman–Crippen MR) is 80.5 cm³/mol. The number of benzene rings is 1. The van der Waals surface area contributed by atoms with Gasteiger partial charge in [0.2, 0.25) is 0 Å². The molecular weight excluding hydrogens is 250 g/mol. The summed E-state index contributed by atoms with van der Waals surface area (Å²) in [4.78, 5) is 14.1. The highest BCUT2D eigenvalue weighted by atomic mass is 16.5. The van der Waals surface area contributed by atoms with Crippen molar-refractivity contribution in [1.82, 2.24) is 4.90 Å². The van der Waals surface area contributed by atoms with Crippen LogP contribution in [-0.4, -0.2) is 30.1 Å². The van der Waals surface area contributed by atoms with Gasteiger partial charge < -0.3 is 4.74 Å². The van der Waals surface area contributed by atoms with Crippen molar-refractivity contribution in [2.45, 2.75) is 58.2 Å². The molecule has 1 aliphatic heterocycles. The molecule has 20 heavy (non-hydrogen) atoms. The second-order valence-corrected chi connectivity index (χ2v) is 5.68. The van der Waals surface area contributed by atoms with Crippen LogP contribution in [-0.2, 0) is 22.5 Å². The Morgan fingerprint density at radius 2 is 2.00 bits per heavy atom. The molecule has 0 saturated carbocycles. The largest absolute Gasteiger partial charge is 0.469 e. The van der Waals surface area contributed by atoms with Crippen LogP contribution in [0.15, 0.2) is 24.3 Å². The monoisotopic (exact) mass is 275 g/mol. The van der Waals surface area contributed by atoms with Gasteiger partial charge in [-0.05, 0) is 37.3 Å². The van der Waals surface area contributed by atoms with Gasteiger partial charge in [0.05, 0.1) is 13.5 Å². The third kappa shape index (κ3) is 3.40. The Morgan fingerprint density at radius 3 is 2.65 bits per heavy atom. The summed E-state index contributed by atoms with van der Waals surface area (Å²) in [6, 6.07) is 9.52. The zero-order valence-corrected chi connectivity index (χ0v) is 12.8. The first-order valence-corrected chi connectivity index (χ1v) is 7.55. The van der Waals surface area contributed by atoms with E-state index in [-0.39, 0.29) is 5.97 Å². The minimum absolute atomic E-state index is 0.168. The summed E-state index contributed by atoms with van der Waals surface area (Å²) in [6.07, 6.45) is 4.13. The first kappa shape index (κ1) is 15.0. The molecule has 0 bridgehead atoms. The molecule has 110 valence electrons. The molecule has 3 nitrogen and oxygen atoms in total. The summed E-state index contributed by atoms with van der Waals surface area (Å²) in [6.45, 7) is 5.50. The molecule has 0 spiro atoms. The fraction of sp³-hybridized carbons (Fsp3) is 0.588. The Kier molecular flexibility index (Phi) is 5.18. The van der Waals surface area contributed by atoms with Gasteiger partial charge in [-0.3, -0.25) is 9.69 Å². The van der Waals surface area contributed by atoms with Gasteiger partial charge in [0.1, 0.15) is 0 Å². The lowest BCUT2D eigenvalue weighted by Gasteiger charge is -2.28. The molecule has 2 atom stereocenters. The molecule has 1 fully saturated rings. The Hall–Kier alpha value is -1.35. The summed E-state index contributed by atoms with van der Waals surface area (Å²) in [5.74, 6) is -0.168. The van der Waals surface area contributed by atoms with Crippen molar-refractivity contribution in [2.24, 2.45) is 0 Å². The van der Waals surface area contributed by atoms with Crippen LogP contribution in [0, 0.1) is 0 Å². The quantitative estimate of drug-likeness (QED) is 0.773. The number of methoxy groups -OCH3 is 1. The van der Waals surface area contributed by atoms with E-state index in [0.717, 1.165) is 12.1 Å². The second kappa shape index (κ2) is 6.89. The average Bonchev–Trinajstić information content (AvgIpc) is 2.81. The number of rotatable bonds is 5. The van der Waals surface area contributed by atoms with Crippen LogP contribution in [0.4, 0.5) is 0 Å². The average molecular weight is 275 g/mol. The van der Waals surface area contributed by atoms with E-state index in [9.17, 15) is 4.79 Å². The summed E-state index contributed by atoms with van der Waals surface area (Å²) >= 11 is 0. The standard InChI is InChI=1S/C17H25NO2/c1-4-16-10-9-13(2)18(16)12-15-8-6-5-7-14(15)11-17(19)20-3/h5-8,13,16H,4,9-12H2,1-3H3. The molecule has 1 aromatic rings. The topological polar surface area (TPSA) is 29.5 Å². The first-order valence-electron chi connectivity index (χ1n) is 7.55. The fourth-order valence-corrected chi connectivity index (χ4v) is 3.16. The van der Waals surface area contributed by atoms with Crippen LogP contribution in [0.1, 0.15) is 44.2 Å². The normalized spacial score (nSPS) is 22.9. The van der Waals surface area contributed by atoms with E-state index in [2.05, 4.69) is 30.9 Å². The maximum absolute atomic E-state index is 11.5. The highest BCUT2D eigenvalue weighted by Gasteiger charge is 2.29. The zero-order chi connectivity index (χ0) is 14.5. The maximum atomic E-state index is 11.5. The van der Waals surface area contributed by atoms with Crippen LogP contribution in [0.2, 0.25) is 0 Å². The molecule has 1 heterocycles. The van der Waals surface area contributed by atoms with Gasteiger partial charge in [-0.2, -0.15) is 0 Å². The lowest BCUT2D eigenvalue weighted by Crippen LogP contribution is -2.33. The van der Waals surface area contributed by atoms with E-state index in [4.69, 9.17) is 4.74 Å². The molecule has 0 aliphatic carbocycles. The summed E-state index contributed by atoms with van der Waals surface area (Å²) in [5, 5.41) is 0. The van der Waals surface area contributed by atoms with Crippen molar-refractivity contribution in [3.8, 4) is 0 Å². The van der Waals surface area contributed by atoms with E-state index >= 15 is 0 Å². The number of hydrogen-bond donors (Lipinski definition) is 0. The minimum Gasteiger partial charge on any atom is -0.469 e. The lowest BCUT2D eigenvalue weighted by molar-refractivity contribution is -0.139. The van der Waals surface area contributed by atoms with E-state index in [0.29, 0.717) is 18.5 Å². The number of likely N-dealkylation sites (tertiary alicyclic amines) is 1. The van der Waals surface area contributed by atoms with Crippen LogP contribution in [0.5, 0.6) is 0 Å². The van der Waals surface area contributed by atoms with Gasteiger partial charge in [0, 0.05) is 18.6 Å². The summed E-state index contributed by atoms with van der Waals surface area (Å²) in [7, 11) is 1.45. The number of carbonyl (C=O) groups is 1. The van der Waals surface area contributed by atoms with Gasteiger partial charge in [-0.25, -0.2) is 0 Å². The minimum atomic E-state index is -0.168. The van der Waals surface area contributed by atoms with Gasteiger partial charge in [0.15, 0.2) is 0 Å². The van der Waals surface area contributed by atoms with E-state index < -0.39 is 0 Å². The molecule has 0 N–H and O–H groups in total. The van der Waals surface area contributed by atoms with Crippen LogP contribution in [0.3, 0.4) is 0 Å². The molecule has 0 radical (unpaired) electrons. The number of hydrogen-bond acceptors (Lipinski definition) is 3. The Balaban J connectivity index is 2.14. The highest BCUT2D eigenvalue weighted by molar-refractivity contribution is 5.72. The Labute approximate surface area is 121 Å². The number of carbonyl (C=O) groups excluding carboxylic acids is 1. The van der Waals surface area contributed by atoms with Gasteiger partial charge >= 0.3 is 5.97 Å². The highest BCUT2D eigenvalue weighted by Crippen LogP contribution is 2.28. The van der Waals surface area contributed by atoms with E-state index in [1.54, 1.807) is 0 Å². The number of nitrogens with zero attached hydrogens (tertiary/aromatic N) is 1. The smallest absolute Gasteiger partial charge is 0.309 e. The van der Waals surface area contributed by atoms with Crippen molar-refractivity contribution < 1.29 is 9.53 Å². The third-order valence-corrected chi connectivity index (χ3v) is 4.46. The predicted octanol–water partition coefficient (Wildman–Crippen LogP) is 3.17. The van der Waals surface area contributed by atoms with Crippen molar-refractivity contribution in [3.05, 3.63) is 35.4 Å². The summed E-state index contributed by atoms with van der Waals surface area (Å²) in [5.41, 5.74) is 2.35. The van der Waals surface area contributed by atoms with Crippen LogP contribution < -0.4 is 0 Å². The molecule has 2 rings (SSSR count). The molecule has 0 aromatic heterocycles. The SMILES string of the molecule is CCC1CCC(C)N1Cc1ccccc1CC(=O)OC. The fourth-order valence-electron chi connectivity index (χ4n) is 3.16. The third-order valence-electron chi connectivity index (χ3n) is 4.46. The van der Waals surface area contributed by atoms with Crippen molar-refractivity contribution in [2.75, 3.05) is 7.11 Å². The van der Waals surface area contributed by atoms with E-state index in [1.165, 1.54) is 31.9 Å². The number of esters is 1. The molecule has 1 saturated heterocycles. The van der Waals surface area contributed by atoms with Crippen molar-refractivity contribution >= 4 is 5.97 Å². The van der Waals surface area contributed by atoms with Gasteiger partial charge in [0.25, 0.3) is 0 Å². The summed E-state index contributed by atoms with van der Waals surface area (Å²) < 4.78 is 4.79. The van der Waals surface area contributed by atoms with E-state index in [1.807, 2.05) is 12.1 Å². The molecule has 3 heteroatoms. The van der Waals surface area contributed by atoms with Crippen LogP contribution >= 0.6 is 0 Å². The number of ether oxygens (including phenoxy) is 1. The van der Waals surface area contributed by atoms with Crippen molar-refractivity contribution in [3.63, 3.8) is 0 Å². The van der Waals surface area contributed by atoms with Crippen LogP contribution in [0.25, 0.3) is 0 Å². The van der Waals surface area contributed by atoms with Gasteiger partial charge in [-0.1, -0.05) is 31.2 Å². The molecule has 1 aromatic carbocycles. The van der Waals surface area contributed by atoms with Crippen molar-refractivity contribution in [1.29, 1.82) is 0 Å². The molecular formula is C17H25NO2. The Bertz CT molecular complexity index is 458. The lowest BCUT2D eigenvalue weighted by atomic mass is 10.0. The second-order valence-electron chi connectivity index (χ2n) is 5.68. The van der Waals surface area contributed by atoms with Gasteiger partial charge in [-0.15, -0.1) is 0 Å². The maximum Gasteiger partial charge on any atom is 0.309 e. The zero-order valence-electron chi connectivity index (χ0n) is 12.8. The molecule has 1 aliphatic rings. The Morgan fingerprint density at radius 1 is 1.30 bits per heavy atom. The first-order chi connectivity index (χ1) is 9.65.